The number of rotatable bonds is 9. The highest BCUT2D eigenvalue weighted by atomic mass is 32.1. The number of nitrogens with one attached hydrogen (secondary N) is 2. The summed E-state index contributed by atoms with van der Waals surface area (Å²) in [6.07, 6.45) is 0. The molecule has 0 saturated carbocycles. The fraction of sp³-hybridized carbons (Fsp3) is 0.350. The maximum atomic E-state index is 13.4. The summed E-state index contributed by atoms with van der Waals surface area (Å²) >= 11 is 5.49. The van der Waals surface area contributed by atoms with Crippen LogP contribution in [0, 0.1) is 0 Å². The minimum absolute atomic E-state index is 0.00111. The maximum Gasteiger partial charge on any atom is 0.357 e. The van der Waals surface area contributed by atoms with Crippen LogP contribution in [-0.4, -0.2) is 18.3 Å². The first-order valence-electron chi connectivity index (χ1n) is 9.06. The molecular formula is C20H27N2O3PS. The largest absolute Gasteiger partial charge is 0.357 e. The lowest BCUT2D eigenvalue weighted by atomic mass is 10.1. The molecule has 0 amide bonds. The third-order valence-electron chi connectivity index (χ3n) is 3.96. The molecule has 2 aromatic rings. The van der Waals surface area contributed by atoms with E-state index in [1.165, 1.54) is 0 Å². The second-order valence-corrected chi connectivity index (χ2v) is 8.46. The van der Waals surface area contributed by atoms with Crippen molar-refractivity contribution in [2.75, 3.05) is 13.2 Å². The molecule has 1 unspecified atom stereocenters. The zero-order valence-electron chi connectivity index (χ0n) is 15.9. The van der Waals surface area contributed by atoms with Gasteiger partial charge in [0.25, 0.3) is 0 Å². The summed E-state index contributed by atoms with van der Waals surface area (Å²) in [6, 6.07) is 19.4. The van der Waals surface area contributed by atoms with Crippen molar-refractivity contribution in [2.24, 2.45) is 0 Å². The second kappa shape index (κ2) is 10.6. The first-order valence-corrected chi connectivity index (χ1v) is 11.1. The van der Waals surface area contributed by atoms with E-state index in [9.17, 15) is 4.57 Å². The average molecular weight is 406 g/mol. The van der Waals surface area contributed by atoms with Gasteiger partial charge in [0.1, 0.15) is 0 Å². The van der Waals surface area contributed by atoms with E-state index < -0.39 is 13.4 Å². The molecule has 0 aromatic heterocycles. The summed E-state index contributed by atoms with van der Waals surface area (Å²) in [7, 11) is -3.46. The van der Waals surface area contributed by atoms with Gasteiger partial charge in [-0.25, -0.2) is 0 Å². The van der Waals surface area contributed by atoms with Crippen molar-refractivity contribution in [3.8, 4) is 0 Å². The Balaban J connectivity index is 2.21. The first-order chi connectivity index (χ1) is 13.0. The van der Waals surface area contributed by atoms with Gasteiger partial charge in [-0.1, -0.05) is 60.7 Å². The van der Waals surface area contributed by atoms with E-state index in [1.54, 1.807) is 13.8 Å². The first kappa shape index (κ1) is 21.6. The number of hydrogen-bond donors (Lipinski definition) is 2. The standard InChI is InChI=1S/C20H27N2O3PS/c1-4-24-26(23,25-5-2)19(18-14-10-7-11-15-18)22-20(27)21-16(3)17-12-8-6-9-13-17/h6-16,19H,4-5H2,1-3H3,(H2,21,22,27)/t16-,19?/m1/s1. The molecule has 0 radical (unpaired) electrons. The topological polar surface area (TPSA) is 59.6 Å². The Labute approximate surface area is 167 Å². The van der Waals surface area contributed by atoms with E-state index in [2.05, 4.69) is 10.6 Å². The fourth-order valence-corrected chi connectivity index (χ4v) is 5.01. The summed E-state index contributed by atoms with van der Waals surface area (Å²) in [4.78, 5) is 0. The predicted octanol–water partition coefficient (Wildman–Crippen LogP) is 5.18. The van der Waals surface area contributed by atoms with Crippen molar-refractivity contribution in [1.29, 1.82) is 0 Å². The SMILES string of the molecule is CCOP(=O)(OCC)C(NC(=S)N[C@H](C)c1ccccc1)c1ccccc1. The van der Waals surface area contributed by atoms with Crippen molar-refractivity contribution < 1.29 is 13.6 Å². The number of benzene rings is 2. The summed E-state index contributed by atoms with van der Waals surface area (Å²) in [5.74, 6) is -0.693. The molecule has 27 heavy (non-hydrogen) atoms. The molecule has 0 spiro atoms. The van der Waals surface area contributed by atoms with Gasteiger partial charge in [0.05, 0.1) is 19.3 Å². The van der Waals surface area contributed by atoms with Crippen LogP contribution in [0.4, 0.5) is 0 Å². The number of hydrogen-bond acceptors (Lipinski definition) is 4. The third kappa shape index (κ3) is 6.15. The molecule has 0 heterocycles. The number of thiocarbonyl (C=S) groups is 1. The van der Waals surface area contributed by atoms with Crippen LogP contribution in [0.5, 0.6) is 0 Å². The quantitative estimate of drug-likeness (QED) is 0.442. The van der Waals surface area contributed by atoms with Crippen LogP contribution in [0.1, 0.15) is 43.7 Å². The Hall–Kier alpha value is -1.72. The molecule has 0 saturated heterocycles. The molecule has 0 aliphatic carbocycles. The molecule has 2 N–H and O–H groups in total. The van der Waals surface area contributed by atoms with Crippen LogP contribution in [-0.2, 0) is 13.6 Å². The van der Waals surface area contributed by atoms with Gasteiger partial charge in [-0.15, -0.1) is 0 Å². The Morgan fingerprint density at radius 2 is 1.41 bits per heavy atom. The normalized spacial score (nSPS) is 13.6. The van der Waals surface area contributed by atoms with Gasteiger partial charge in [0.15, 0.2) is 10.9 Å². The van der Waals surface area contributed by atoms with Crippen molar-refractivity contribution in [3.63, 3.8) is 0 Å². The Morgan fingerprint density at radius 3 is 1.89 bits per heavy atom. The van der Waals surface area contributed by atoms with E-state index >= 15 is 0 Å². The van der Waals surface area contributed by atoms with Gasteiger partial charge >= 0.3 is 7.60 Å². The fourth-order valence-electron chi connectivity index (χ4n) is 2.71. The minimum Gasteiger partial charge on any atom is -0.356 e. The van der Waals surface area contributed by atoms with Crippen molar-refractivity contribution >= 4 is 24.9 Å². The third-order valence-corrected chi connectivity index (χ3v) is 6.50. The second-order valence-electron chi connectivity index (χ2n) is 5.94. The van der Waals surface area contributed by atoms with E-state index in [0.717, 1.165) is 11.1 Å². The molecule has 2 aromatic carbocycles. The van der Waals surface area contributed by atoms with Crippen LogP contribution < -0.4 is 10.6 Å². The monoisotopic (exact) mass is 406 g/mol. The Bertz CT molecular complexity index is 748. The van der Waals surface area contributed by atoms with Crippen molar-refractivity contribution in [2.45, 2.75) is 32.6 Å². The molecule has 146 valence electrons. The van der Waals surface area contributed by atoms with E-state index in [1.807, 2.05) is 67.6 Å². The van der Waals surface area contributed by atoms with Gasteiger partial charge in [-0.05, 0) is 44.1 Å². The highest BCUT2D eigenvalue weighted by molar-refractivity contribution is 7.80. The molecule has 0 aliphatic heterocycles. The smallest absolute Gasteiger partial charge is 0.356 e. The predicted molar refractivity (Wildman–Crippen MR) is 114 cm³/mol. The van der Waals surface area contributed by atoms with Gasteiger partial charge in [-0.2, -0.15) is 0 Å². The van der Waals surface area contributed by atoms with Crippen molar-refractivity contribution in [1.82, 2.24) is 10.6 Å². The average Bonchev–Trinajstić information content (AvgIpc) is 2.68. The van der Waals surface area contributed by atoms with Crippen LogP contribution in [0.25, 0.3) is 0 Å². The molecule has 2 atom stereocenters. The summed E-state index contributed by atoms with van der Waals surface area (Å²) in [5.41, 5.74) is 1.90. The lowest BCUT2D eigenvalue weighted by Gasteiger charge is -2.29. The summed E-state index contributed by atoms with van der Waals surface area (Å²) in [5, 5.41) is 6.78. The molecule has 0 bridgehead atoms. The van der Waals surface area contributed by atoms with Gasteiger partial charge in [0.2, 0.25) is 0 Å². The maximum absolute atomic E-state index is 13.4. The van der Waals surface area contributed by atoms with Gasteiger partial charge in [-0.3, -0.25) is 4.57 Å². The van der Waals surface area contributed by atoms with Crippen molar-refractivity contribution in [3.05, 3.63) is 71.8 Å². The molecule has 5 nitrogen and oxygen atoms in total. The lowest BCUT2D eigenvalue weighted by Crippen LogP contribution is -2.39. The highest BCUT2D eigenvalue weighted by Crippen LogP contribution is 2.59. The zero-order chi connectivity index (χ0) is 19.7. The molecular weight excluding hydrogens is 379 g/mol. The van der Waals surface area contributed by atoms with Crippen LogP contribution >= 0.6 is 19.8 Å². The molecule has 0 aliphatic rings. The molecule has 2 rings (SSSR count). The van der Waals surface area contributed by atoms with E-state index in [-0.39, 0.29) is 19.3 Å². The van der Waals surface area contributed by atoms with E-state index in [4.69, 9.17) is 21.3 Å². The van der Waals surface area contributed by atoms with Crippen LogP contribution in [0.2, 0.25) is 0 Å². The summed E-state index contributed by atoms with van der Waals surface area (Å²) in [6.45, 7) is 6.17. The van der Waals surface area contributed by atoms with E-state index in [0.29, 0.717) is 5.11 Å². The lowest BCUT2D eigenvalue weighted by molar-refractivity contribution is 0.210. The Morgan fingerprint density at radius 1 is 0.926 bits per heavy atom. The highest BCUT2D eigenvalue weighted by Gasteiger charge is 2.37. The van der Waals surface area contributed by atoms with Crippen LogP contribution in [0.3, 0.4) is 0 Å². The van der Waals surface area contributed by atoms with Gasteiger partial charge < -0.3 is 19.7 Å². The molecule has 7 heteroatoms. The Kier molecular flexibility index (Phi) is 8.45. The van der Waals surface area contributed by atoms with Gasteiger partial charge in [0, 0.05) is 0 Å². The zero-order valence-corrected chi connectivity index (χ0v) is 17.6. The minimum atomic E-state index is -3.46. The molecule has 0 fully saturated rings. The summed E-state index contributed by atoms with van der Waals surface area (Å²) < 4.78 is 24.5. The van der Waals surface area contributed by atoms with Crippen LogP contribution in [0.15, 0.2) is 60.7 Å².